The molecule has 284 valence electrons. The number of allylic oxidation sites excluding steroid dienone is 1. The van der Waals surface area contributed by atoms with E-state index in [0.29, 0.717) is 43.4 Å². The SMILES string of the molecule is CO[C@@]1(CC(=O)N2CCN(C)C[C@H]2C)/C=C/C[C@H](C)[C@@H](C)S(=O)(=O)NC(=O)c2ccc3c(c2)N(CCCCc2cc(Cl)ccc2CO3)C[C@@H]2CC[C@H]21. The average molecular weight is 755 g/mol. The van der Waals surface area contributed by atoms with Crippen LogP contribution in [0.5, 0.6) is 5.75 Å². The molecule has 2 fully saturated rings. The minimum atomic E-state index is -4.01. The lowest BCUT2D eigenvalue weighted by molar-refractivity contribution is -0.146. The van der Waals surface area contributed by atoms with Gasteiger partial charge in [-0.05, 0) is 119 Å². The Morgan fingerprint density at radius 1 is 1.04 bits per heavy atom. The van der Waals surface area contributed by atoms with E-state index >= 15 is 0 Å². The van der Waals surface area contributed by atoms with Crippen LogP contribution in [0.15, 0.2) is 48.6 Å². The molecule has 2 aromatic rings. The summed E-state index contributed by atoms with van der Waals surface area (Å²) in [6.45, 7) is 9.66. The van der Waals surface area contributed by atoms with Crippen LogP contribution in [0, 0.1) is 17.8 Å². The van der Waals surface area contributed by atoms with Gasteiger partial charge in [-0.2, -0.15) is 0 Å². The summed E-state index contributed by atoms with van der Waals surface area (Å²) in [6, 6.07) is 11.2. The van der Waals surface area contributed by atoms with Crippen molar-refractivity contribution < 1.29 is 27.5 Å². The normalized spacial score (nSPS) is 30.7. The Morgan fingerprint density at radius 2 is 1.85 bits per heavy atom. The number of nitrogens with zero attached hydrogens (tertiary/aromatic N) is 3. The number of hydrogen-bond donors (Lipinski definition) is 1. The highest BCUT2D eigenvalue weighted by Gasteiger charge is 2.49. The molecule has 1 saturated carbocycles. The summed E-state index contributed by atoms with van der Waals surface area (Å²) in [6.07, 6.45) is 9.29. The standard InChI is InChI=1S/C40H55ClN4O6S/c1-27-9-8-17-40(50-5,23-38(46)45-20-19-43(4)24-28(45)2)35-15-12-32(35)25-44-18-7-6-10-30-21-34(41)14-11-33(30)26-51-37-16-13-31(22-36(37)44)39(47)42-52(48,49)29(27)3/h8,11,13-14,16-17,21-22,27-29,32,35H,6-7,9-10,12,15,18-20,23-26H2,1-5H3,(H,42,47)/b17-8+/t27-,28+,29+,32-,35+,40+/m0/s1. The molecule has 6 atom stereocenters. The van der Waals surface area contributed by atoms with Crippen LogP contribution in [0.3, 0.4) is 0 Å². The van der Waals surface area contributed by atoms with Crippen molar-refractivity contribution in [2.75, 3.05) is 51.8 Å². The Balaban J connectivity index is 1.39. The third-order valence-electron chi connectivity index (χ3n) is 12.1. The molecule has 4 aliphatic rings. The van der Waals surface area contributed by atoms with E-state index in [2.05, 4.69) is 28.5 Å². The van der Waals surface area contributed by atoms with Gasteiger partial charge < -0.3 is 24.2 Å². The number of fused-ring (bicyclic) bond motifs is 3. The summed E-state index contributed by atoms with van der Waals surface area (Å²) in [5.41, 5.74) is 2.37. The molecule has 3 heterocycles. The van der Waals surface area contributed by atoms with Gasteiger partial charge in [0.2, 0.25) is 15.9 Å². The number of carbonyl (C=O) groups is 2. The number of benzene rings is 2. The largest absolute Gasteiger partial charge is 0.487 e. The third kappa shape index (κ3) is 8.32. The molecule has 12 heteroatoms. The number of piperazine rings is 1. The zero-order chi connectivity index (χ0) is 37.2. The molecule has 0 radical (unpaired) electrons. The van der Waals surface area contributed by atoms with Crippen LogP contribution in [0.2, 0.25) is 5.02 Å². The van der Waals surface area contributed by atoms with Crippen molar-refractivity contribution in [2.24, 2.45) is 17.8 Å². The van der Waals surface area contributed by atoms with E-state index < -0.39 is 26.8 Å². The highest BCUT2D eigenvalue weighted by molar-refractivity contribution is 7.90. The van der Waals surface area contributed by atoms with Crippen molar-refractivity contribution in [1.82, 2.24) is 14.5 Å². The van der Waals surface area contributed by atoms with Gasteiger partial charge in [0.15, 0.2) is 0 Å². The van der Waals surface area contributed by atoms with E-state index in [0.717, 1.165) is 62.0 Å². The van der Waals surface area contributed by atoms with Crippen molar-refractivity contribution >= 4 is 39.1 Å². The predicted molar refractivity (Wildman–Crippen MR) is 205 cm³/mol. The number of likely N-dealkylation sites (N-methyl/N-ethyl adjacent to an activating group) is 1. The maximum absolute atomic E-state index is 14.1. The van der Waals surface area contributed by atoms with Gasteiger partial charge in [-0.1, -0.05) is 36.7 Å². The average Bonchev–Trinajstić information content (AvgIpc) is 3.12. The second-order valence-corrected chi connectivity index (χ2v) is 18.0. The molecular weight excluding hydrogens is 700 g/mol. The van der Waals surface area contributed by atoms with E-state index in [1.807, 2.05) is 42.2 Å². The molecular formula is C40H55ClN4O6S. The Hall–Kier alpha value is -3.12. The zero-order valence-electron chi connectivity index (χ0n) is 31.3. The van der Waals surface area contributed by atoms with Gasteiger partial charge in [-0.25, -0.2) is 13.1 Å². The molecule has 3 aliphatic heterocycles. The number of sulfonamides is 1. The monoisotopic (exact) mass is 754 g/mol. The first-order valence-corrected chi connectivity index (χ1v) is 20.8. The van der Waals surface area contributed by atoms with Crippen molar-refractivity contribution in [3.05, 3.63) is 70.3 Å². The van der Waals surface area contributed by atoms with Crippen LogP contribution in [0.4, 0.5) is 5.69 Å². The number of nitrogens with one attached hydrogen (secondary N) is 1. The number of amides is 2. The fourth-order valence-electron chi connectivity index (χ4n) is 8.51. The molecule has 1 aliphatic carbocycles. The van der Waals surface area contributed by atoms with E-state index in [-0.39, 0.29) is 41.7 Å². The van der Waals surface area contributed by atoms with Crippen LogP contribution in [0.1, 0.15) is 80.8 Å². The van der Waals surface area contributed by atoms with E-state index in [1.54, 1.807) is 32.2 Å². The Labute approximate surface area is 314 Å². The fraction of sp³-hybridized carbons (Fsp3) is 0.600. The molecule has 6 rings (SSSR count). The first-order chi connectivity index (χ1) is 24.8. The molecule has 2 aromatic carbocycles. The second-order valence-electron chi connectivity index (χ2n) is 15.6. The molecule has 1 N–H and O–H groups in total. The van der Waals surface area contributed by atoms with Gasteiger partial charge in [-0.3, -0.25) is 9.59 Å². The third-order valence-corrected chi connectivity index (χ3v) is 14.3. The minimum absolute atomic E-state index is 0.0604. The molecule has 52 heavy (non-hydrogen) atoms. The lowest BCUT2D eigenvalue weighted by Gasteiger charge is -2.50. The summed E-state index contributed by atoms with van der Waals surface area (Å²) in [7, 11) is -0.216. The second kappa shape index (κ2) is 16.1. The van der Waals surface area contributed by atoms with E-state index in [9.17, 15) is 18.0 Å². The summed E-state index contributed by atoms with van der Waals surface area (Å²) in [5, 5.41) is -0.148. The van der Waals surface area contributed by atoms with E-state index in [4.69, 9.17) is 21.1 Å². The van der Waals surface area contributed by atoms with Gasteiger partial charge in [0.1, 0.15) is 12.4 Å². The molecule has 2 bridgehead atoms. The van der Waals surface area contributed by atoms with Gasteiger partial charge >= 0.3 is 0 Å². The lowest BCUT2D eigenvalue weighted by Crippen LogP contribution is -2.57. The van der Waals surface area contributed by atoms with Gasteiger partial charge in [0.05, 0.1) is 23.0 Å². The number of halogens is 1. The number of ether oxygens (including phenoxy) is 2. The number of rotatable bonds is 3. The number of aryl methyl sites for hydroxylation is 1. The topological polar surface area (TPSA) is 108 Å². The van der Waals surface area contributed by atoms with Crippen molar-refractivity contribution in [2.45, 2.75) is 89.2 Å². The van der Waals surface area contributed by atoms with Crippen molar-refractivity contribution in [1.29, 1.82) is 0 Å². The Morgan fingerprint density at radius 3 is 2.58 bits per heavy atom. The number of carbonyl (C=O) groups excluding carboxylic acids is 2. The summed E-state index contributed by atoms with van der Waals surface area (Å²) < 4.78 is 42.5. The Bertz CT molecular complexity index is 1770. The molecule has 0 unspecified atom stereocenters. The molecule has 0 aromatic heterocycles. The summed E-state index contributed by atoms with van der Waals surface area (Å²) in [4.78, 5) is 34.3. The van der Waals surface area contributed by atoms with Crippen LogP contribution in [-0.2, 0) is 32.6 Å². The summed E-state index contributed by atoms with van der Waals surface area (Å²) >= 11 is 6.39. The molecule has 1 saturated heterocycles. The van der Waals surface area contributed by atoms with Crippen LogP contribution < -0.4 is 14.4 Å². The minimum Gasteiger partial charge on any atom is -0.487 e. The van der Waals surface area contributed by atoms with Crippen molar-refractivity contribution in [3.8, 4) is 5.75 Å². The zero-order valence-corrected chi connectivity index (χ0v) is 32.8. The van der Waals surface area contributed by atoms with Gasteiger partial charge in [-0.15, -0.1) is 0 Å². The van der Waals surface area contributed by atoms with E-state index in [1.165, 1.54) is 0 Å². The quantitative estimate of drug-likeness (QED) is 0.377. The lowest BCUT2D eigenvalue weighted by atomic mass is 9.63. The summed E-state index contributed by atoms with van der Waals surface area (Å²) in [5.74, 6) is 0.0121. The van der Waals surface area contributed by atoms with Crippen LogP contribution in [0.25, 0.3) is 0 Å². The number of hydrogen-bond acceptors (Lipinski definition) is 8. The molecule has 10 nitrogen and oxygen atoms in total. The Kier molecular flexibility index (Phi) is 11.9. The van der Waals surface area contributed by atoms with Gasteiger partial charge in [0, 0.05) is 56.5 Å². The van der Waals surface area contributed by atoms with Crippen molar-refractivity contribution in [3.63, 3.8) is 0 Å². The first kappa shape index (κ1) is 38.6. The number of methoxy groups -OCH3 is 1. The first-order valence-electron chi connectivity index (χ1n) is 18.9. The maximum Gasteiger partial charge on any atom is 0.264 e. The highest BCUT2D eigenvalue weighted by atomic mass is 35.5. The molecule has 0 spiro atoms. The van der Waals surface area contributed by atoms with Crippen LogP contribution >= 0.6 is 11.6 Å². The van der Waals surface area contributed by atoms with Crippen LogP contribution in [-0.4, -0.2) is 93.8 Å². The maximum atomic E-state index is 14.1. The molecule has 2 amide bonds. The highest BCUT2D eigenvalue weighted by Crippen LogP contribution is 2.48. The van der Waals surface area contributed by atoms with Gasteiger partial charge in [0.25, 0.3) is 5.91 Å². The smallest absolute Gasteiger partial charge is 0.264 e. The number of anilines is 1. The predicted octanol–water partition coefficient (Wildman–Crippen LogP) is 6.07. The fourth-order valence-corrected chi connectivity index (χ4v) is 9.99.